The van der Waals surface area contributed by atoms with Crippen molar-refractivity contribution >= 4 is 33.4 Å². The Kier molecular flexibility index (Phi) is 5.55. The number of carbonyl (C=O) groups excluding carboxylic acids is 2. The van der Waals surface area contributed by atoms with Crippen molar-refractivity contribution in [2.75, 3.05) is 18.9 Å². The number of benzene rings is 2. The highest BCUT2D eigenvalue weighted by atomic mass is 79.9. The molecule has 0 saturated carbocycles. The molecule has 2 aromatic carbocycles. The molecule has 4 nitrogen and oxygen atoms in total. The van der Waals surface area contributed by atoms with Gasteiger partial charge in [-0.15, -0.1) is 0 Å². The first-order chi connectivity index (χ1) is 10.9. The maximum atomic E-state index is 12.4. The fourth-order valence-electron chi connectivity index (χ4n) is 2.13. The molecule has 2 amide bonds. The Morgan fingerprint density at radius 3 is 2.43 bits per heavy atom. The molecule has 0 radical (unpaired) electrons. The largest absolute Gasteiger partial charge is 0.332 e. The number of amides is 2. The Bertz CT molecular complexity index is 744. The van der Waals surface area contributed by atoms with Gasteiger partial charge in [0.15, 0.2) is 0 Å². The Morgan fingerprint density at radius 1 is 1.09 bits per heavy atom. The van der Waals surface area contributed by atoms with Gasteiger partial charge in [-0.2, -0.15) is 0 Å². The van der Waals surface area contributed by atoms with Crippen LogP contribution in [0.15, 0.2) is 46.9 Å². The summed E-state index contributed by atoms with van der Waals surface area (Å²) in [4.78, 5) is 25.9. The minimum atomic E-state index is -0.239. The summed E-state index contributed by atoms with van der Waals surface area (Å²) < 4.78 is 0.802. The summed E-state index contributed by atoms with van der Waals surface area (Å²) >= 11 is 3.38. The number of nitrogens with one attached hydrogen (secondary N) is 1. The van der Waals surface area contributed by atoms with E-state index in [0.717, 1.165) is 15.6 Å². The lowest BCUT2D eigenvalue weighted by molar-refractivity contribution is -0.116. The Morgan fingerprint density at radius 2 is 1.78 bits per heavy atom. The SMILES string of the molecule is Cc1ccc(C(=O)N(C)CC(=O)Nc2ccccc2Br)cc1C. The van der Waals surface area contributed by atoms with Crippen LogP contribution in [0.5, 0.6) is 0 Å². The van der Waals surface area contributed by atoms with Crippen LogP contribution < -0.4 is 5.32 Å². The third kappa shape index (κ3) is 4.42. The Balaban J connectivity index is 2.01. The van der Waals surface area contributed by atoms with Gasteiger partial charge in [-0.25, -0.2) is 0 Å². The van der Waals surface area contributed by atoms with Gasteiger partial charge < -0.3 is 10.2 Å². The van der Waals surface area contributed by atoms with Crippen LogP contribution in [0.2, 0.25) is 0 Å². The molecule has 2 rings (SSSR count). The van der Waals surface area contributed by atoms with Crippen molar-refractivity contribution in [3.05, 3.63) is 63.6 Å². The van der Waals surface area contributed by atoms with Crippen molar-refractivity contribution in [2.24, 2.45) is 0 Å². The van der Waals surface area contributed by atoms with Gasteiger partial charge in [0.1, 0.15) is 0 Å². The molecule has 0 atom stereocenters. The number of halogens is 1. The van der Waals surface area contributed by atoms with Gasteiger partial charge in [0.25, 0.3) is 5.91 Å². The van der Waals surface area contributed by atoms with Gasteiger partial charge in [0.05, 0.1) is 12.2 Å². The van der Waals surface area contributed by atoms with E-state index in [0.29, 0.717) is 11.3 Å². The van der Waals surface area contributed by atoms with E-state index in [1.165, 1.54) is 4.90 Å². The zero-order valence-electron chi connectivity index (χ0n) is 13.4. The second-order valence-electron chi connectivity index (χ2n) is 5.49. The number of nitrogens with zero attached hydrogens (tertiary/aromatic N) is 1. The van der Waals surface area contributed by atoms with Gasteiger partial charge in [-0.05, 0) is 65.2 Å². The molecule has 0 aliphatic rings. The quantitative estimate of drug-likeness (QED) is 0.884. The molecule has 120 valence electrons. The zero-order valence-corrected chi connectivity index (χ0v) is 15.0. The average Bonchev–Trinajstić information content (AvgIpc) is 2.51. The zero-order chi connectivity index (χ0) is 17.0. The lowest BCUT2D eigenvalue weighted by atomic mass is 10.1. The van der Waals surface area contributed by atoms with Crippen molar-refractivity contribution in [1.82, 2.24) is 4.90 Å². The number of carbonyl (C=O) groups is 2. The summed E-state index contributed by atoms with van der Waals surface area (Å²) in [7, 11) is 1.62. The summed E-state index contributed by atoms with van der Waals surface area (Å²) in [6.45, 7) is 3.96. The van der Waals surface area contributed by atoms with E-state index in [1.54, 1.807) is 19.2 Å². The normalized spacial score (nSPS) is 10.3. The monoisotopic (exact) mass is 374 g/mol. The van der Waals surface area contributed by atoms with E-state index in [1.807, 2.05) is 44.2 Å². The molecule has 1 N–H and O–H groups in total. The van der Waals surface area contributed by atoms with E-state index in [2.05, 4.69) is 21.2 Å². The molecule has 23 heavy (non-hydrogen) atoms. The Hall–Kier alpha value is -2.14. The summed E-state index contributed by atoms with van der Waals surface area (Å²) in [5.41, 5.74) is 3.46. The number of aryl methyl sites for hydroxylation is 2. The number of hydrogen-bond donors (Lipinski definition) is 1. The van der Waals surface area contributed by atoms with Gasteiger partial charge in [-0.3, -0.25) is 9.59 Å². The molecule has 0 aliphatic carbocycles. The maximum absolute atomic E-state index is 12.4. The molecule has 0 aliphatic heterocycles. The molecule has 0 aromatic heterocycles. The molecule has 0 saturated heterocycles. The smallest absolute Gasteiger partial charge is 0.254 e. The highest BCUT2D eigenvalue weighted by Gasteiger charge is 2.16. The van der Waals surface area contributed by atoms with Gasteiger partial charge in [0, 0.05) is 17.1 Å². The fraction of sp³-hybridized carbons (Fsp3) is 0.222. The van der Waals surface area contributed by atoms with Crippen molar-refractivity contribution in [3.63, 3.8) is 0 Å². The number of hydrogen-bond acceptors (Lipinski definition) is 2. The van der Waals surface area contributed by atoms with Crippen molar-refractivity contribution in [1.29, 1.82) is 0 Å². The molecule has 0 heterocycles. The Labute approximate surface area is 144 Å². The minimum absolute atomic E-state index is 0.00685. The van der Waals surface area contributed by atoms with Crippen molar-refractivity contribution in [3.8, 4) is 0 Å². The predicted molar refractivity (Wildman–Crippen MR) is 95.6 cm³/mol. The van der Waals surface area contributed by atoms with Gasteiger partial charge >= 0.3 is 0 Å². The van der Waals surface area contributed by atoms with Crippen LogP contribution in [0.4, 0.5) is 5.69 Å². The second kappa shape index (κ2) is 7.42. The molecule has 5 heteroatoms. The summed E-state index contributed by atoms with van der Waals surface area (Å²) in [6, 6.07) is 12.9. The van der Waals surface area contributed by atoms with Crippen LogP contribution in [-0.4, -0.2) is 30.3 Å². The molecular weight excluding hydrogens is 356 g/mol. The fourth-order valence-corrected chi connectivity index (χ4v) is 2.52. The third-order valence-corrected chi connectivity index (χ3v) is 4.32. The summed E-state index contributed by atoms with van der Waals surface area (Å²) in [5.74, 6) is -0.410. The molecule has 0 spiro atoms. The van der Waals surface area contributed by atoms with E-state index < -0.39 is 0 Å². The van der Waals surface area contributed by atoms with Crippen molar-refractivity contribution < 1.29 is 9.59 Å². The van der Waals surface area contributed by atoms with E-state index in [-0.39, 0.29) is 18.4 Å². The van der Waals surface area contributed by atoms with E-state index in [9.17, 15) is 9.59 Å². The molecular formula is C18H19BrN2O2. The topological polar surface area (TPSA) is 49.4 Å². The number of rotatable bonds is 4. The van der Waals surface area contributed by atoms with Gasteiger partial charge in [-0.1, -0.05) is 18.2 Å². The van der Waals surface area contributed by atoms with Gasteiger partial charge in [0.2, 0.25) is 5.91 Å². The van der Waals surface area contributed by atoms with Crippen LogP contribution in [0.3, 0.4) is 0 Å². The van der Waals surface area contributed by atoms with E-state index >= 15 is 0 Å². The van der Waals surface area contributed by atoms with Crippen molar-refractivity contribution in [2.45, 2.75) is 13.8 Å². The lowest BCUT2D eigenvalue weighted by Gasteiger charge is -2.17. The standard InChI is InChI=1S/C18H19BrN2O2/c1-12-8-9-14(10-13(12)2)18(23)21(3)11-17(22)20-16-7-5-4-6-15(16)19/h4-10H,11H2,1-3H3,(H,20,22). The third-order valence-electron chi connectivity index (χ3n) is 3.63. The summed E-state index contributed by atoms with van der Waals surface area (Å²) in [5, 5.41) is 2.79. The molecule has 0 unspecified atom stereocenters. The molecule has 2 aromatic rings. The summed E-state index contributed by atoms with van der Waals surface area (Å²) in [6.07, 6.45) is 0. The first-order valence-corrected chi connectivity index (χ1v) is 8.05. The molecule has 0 fully saturated rings. The van der Waals surface area contributed by atoms with Crippen LogP contribution in [0, 0.1) is 13.8 Å². The lowest BCUT2D eigenvalue weighted by Crippen LogP contribution is -2.35. The number of para-hydroxylation sites is 1. The first kappa shape index (κ1) is 17.2. The number of anilines is 1. The highest BCUT2D eigenvalue weighted by molar-refractivity contribution is 9.10. The second-order valence-corrected chi connectivity index (χ2v) is 6.34. The van der Waals surface area contributed by atoms with Crippen LogP contribution in [0.25, 0.3) is 0 Å². The van der Waals surface area contributed by atoms with Crippen LogP contribution >= 0.6 is 15.9 Å². The number of likely N-dealkylation sites (N-methyl/N-ethyl adjacent to an activating group) is 1. The molecule has 0 bridgehead atoms. The highest BCUT2D eigenvalue weighted by Crippen LogP contribution is 2.21. The minimum Gasteiger partial charge on any atom is -0.332 e. The maximum Gasteiger partial charge on any atom is 0.254 e. The van der Waals surface area contributed by atoms with Crippen LogP contribution in [0.1, 0.15) is 21.5 Å². The van der Waals surface area contributed by atoms with E-state index in [4.69, 9.17) is 0 Å². The predicted octanol–water partition coefficient (Wildman–Crippen LogP) is 3.78. The van der Waals surface area contributed by atoms with Crippen LogP contribution in [-0.2, 0) is 4.79 Å². The average molecular weight is 375 g/mol. The first-order valence-electron chi connectivity index (χ1n) is 7.25.